The lowest BCUT2D eigenvalue weighted by molar-refractivity contribution is 0.0944. The van der Waals surface area contributed by atoms with Crippen molar-refractivity contribution in [1.82, 2.24) is 24.8 Å². The van der Waals surface area contributed by atoms with E-state index in [2.05, 4.69) is 44.7 Å². The molecule has 0 saturated carbocycles. The van der Waals surface area contributed by atoms with Gasteiger partial charge in [0.1, 0.15) is 0 Å². The second-order valence-electron chi connectivity index (χ2n) is 8.36. The molecule has 0 aliphatic carbocycles. The third-order valence-electron chi connectivity index (χ3n) is 6.35. The molecule has 4 heterocycles. The summed E-state index contributed by atoms with van der Waals surface area (Å²) in [6.07, 6.45) is 2.79. The van der Waals surface area contributed by atoms with Crippen LogP contribution >= 0.6 is 11.3 Å². The molecule has 2 N–H and O–H groups in total. The van der Waals surface area contributed by atoms with E-state index in [4.69, 9.17) is 0 Å². The zero-order chi connectivity index (χ0) is 22.2. The normalized spacial score (nSPS) is 18.9. The van der Waals surface area contributed by atoms with Crippen LogP contribution in [0.3, 0.4) is 0 Å². The highest BCUT2D eigenvalue weighted by atomic mass is 32.1. The summed E-state index contributed by atoms with van der Waals surface area (Å²) in [7, 11) is 3.86. The molecule has 1 fully saturated rings. The topological polar surface area (TPSA) is 83.0 Å². The van der Waals surface area contributed by atoms with Gasteiger partial charge in [0.2, 0.25) is 0 Å². The maximum absolute atomic E-state index is 12.9. The van der Waals surface area contributed by atoms with Crippen molar-refractivity contribution < 1.29 is 4.79 Å². The van der Waals surface area contributed by atoms with Gasteiger partial charge in [-0.3, -0.25) is 19.2 Å². The highest BCUT2D eigenvalue weighted by molar-refractivity contribution is 7.10. The molecule has 1 amide bonds. The third kappa shape index (κ3) is 3.76. The predicted molar refractivity (Wildman–Crippen MR) is 127 cm³/mol. The molecule has 1 aromatic carbocycles. The number of nitrogens with zero attached hydrogens (tertiary/aromatic N) is 3. The number of fused-ring (bicyclic) bond motifs is 1. The van der Waals surface area contributed by atoms with Crippen LogP contribution in [-0.4, -0.2) is 45.5 Å². The van der Waals surface area contributed by atoms with Gasteiger partial charge in [0.25, 0.3) is 5.91 Å². The van der Waals surface area contributed by atoms with Crippen LogP contribution in [0, 0.1) is 5.92 Å². The number of carbonyl (C=O) groups excluding carboxylic acids is 1. The maximum Gasteiger partial charge on any atom is 0.327 e. The first-order chi connectivity index (χ1) is 15.5. The molecule has 0 radical (unpaired) electrons. The molecule has 1 aliphatic rings. The van der Waals surface area contributed by atoms with Crippen LogP contribution in [-0.2, 0) is 7.05 Å². The van der Waals surface area contributed by atoms with Gasteiger partial charge in [0, 0.05) is 41.8 Å². The molecular weight excluding hydrogens is 422 g/mol. The first kappa shape index (κ1) is 20.7. The quantitative estimate of drug-likeness (QED) is 0.491. The summed E-state index contributed by atoms with van der Waals surface area (Å²) in [6.45, 7) is 1.69. The minimum absolute atomic E-state index is 0.0746. The number of nitrogens with one attached hydrogen (secondary N) is 2. The molecule has 4 aromatic rings. The van der Waals surface area contributed by atoms with Gasteiger partial charge < -0.3 is 5.32 Å². The molecule has 0 bridgehead atoms. The second kappa shape index (κ2) is 8.37. The average Bonchev–Trinajstić information content (AvgIpc) is 3.52. The smallest absolute Gasteiger partial charge is 0.327 e. The SMILES string of the molecule is CN1CC[C@H](CNC(=O)c2cccc(-c3cnc4[nH]c(=O)n(C)c4c3)c2)[C@@H]1c1cccs1. The minimum Gasteiger partial charge on any atom is -0.352 e. The predicted octanol–water partition coefficient (Wildman–Crippen LogP) is 3.41. The molecule has 0 unspecified atom stereocenters. The van der Waals surface area contributed by atoms with Crippen LogP contribution in [0.4, 0.5) is 0 Å². The molecule has 0 spiro atoms. The summed E-state index contributed by atoms with van der Waals surface area (Å²) in [6, 6.07) is 14.1. The lowest BCUT2D eigenvalue weighted by atomic mass is 9.98. The van der Waals surface area contributed by atoms with E-state index in [1.54, 1.807) is 24.6 Å². The van der Waals surface area contributed by atoms with E-state index in [1.807, 2.05) is 30.3 Å². The Morgan fingerprint density at radius 1 is 1.22 bits per heavy atom. The second-order valence-corrected chi connectivity index (χ2v) is 9.34. The molecule has 7 nitrogen and oxygen atoms in total. The van der Waals surface area contributed by atoms with E-state index in [1.165, 1.54) is 9.44 Å². The van der Waals surface area contributed by atoms with Crippen molar-refractivity contribution in [2.75, 3.05) is 20.1 Å². The molecule has 3 aromatic heterocycles. The van der Waals surface area contributed by atoms with Gasteiger partial charge >= 0.3 is 5.69 Å². The van der Waals surface area contributed by atoms with Crippen LogP contribution in [0.5, 0.6) is 0 Å². The Labute approximate surface area is 189 Å². The summed E-state index contributed by atoms with van der Waals surface area (Å²) in [5.41, 5.74) is 3.44. The minimum atomic E-state index is -0.198. The monoisotopic (exact) mass is 447 g/mol. The Morgan fingerprint density at radius 2 is 2.09 bits per heavy atom. The van der Waals surface area contributed by atoms with Crippen molar-refractivity contribution in [3.05, 3.63) is 75.0 Å². The van der Waals surface area contributed by atoms with Crippen LogP contribution in [0.2, 0.25) is 0 Å². The number of benzene rings is 1. The Balaban J connectivity index is 1.33. The van der Waals surface area contributed by atoms with Gasteiger partial charge in [-0.2, -0.15) is 0 Å². The van der Waals surface area contributed by atoms with E-state index >= 15 is 0 Å². The van der Waals surface area contributed by atoms with E-state index < -0.39 is 0 Å². The van der Waals surface area contributed by atoms with Crippen LogP contribution in [0.25, 0.3) is 22.3 Å². The first-order valence-electron chi connectivity index (χ1n) is 10.7. The highest BCUT2D eigenvalue weighted by Crippen LogP contribution is 2.37. The number of rotatable bonds is 5. The molecular formula is C24H25N5O2S. The van der Waals surface area contributed by atoms with Gasteiger partial charge in [-0.15, -0.1) is 11.3 Å². The molecule has 164 valence electrons. The molecule has 2 atom stereocenters. The zero-order valence-electron chi connectivity index (χ0n) is 18.0. The van der Waals surface area contributed by atoms with Crippen molar-refractivity contribution in [2.24, 2.45) is 13.0 Å². The number of aromatic amines is 1. The Hall–Kier alpha value is -3.23. The number of aryl methyl sites for hydroxylation is 1. The number of pyridine rings is 1. The molecule has 1 saturated heterocycles. The van der Waals surface area contributed by atoms with E-state index in [0.717, 1.165) is 29.6 Å². The Morgan fingerprint density at radius 3 is 2.91 bits per heavy atom. The molecule has 5 rings (SSSR count). The molecule has 32 heavy (non-hydrogen) atoms. The largest absolute Gasteiger partial charge is 0.352 e. The lowest BCUT2D eigenvalue weighted by Gasteiger charge is -2.24. The van der Waals surface area contributed by atoms with Crippen molar-refractivity contribution >= 4 is 28.4 Å². The third-order valence-corrected chi connectivity index (χ3v) is 7.29. The fraction of sp³-hybridized carbons (Fsp3) is 0.292. The highest BCUT2D eigenvalue weighted by Gasteiger charge is 2.33. The number of amides is 1. The number of likely N-dealkylation sites (tertiary alicyclic amines) is 1. The zero-order valence-corrected chi connectivity index (χ0v) is 18.9. The van der Waals surface area contributed by atoms with Crippen molar-refractivity contribution in [3.63, 3.8) is 0 Å². The number of hydrogen-bond donors (Lipinski definition) is 2. The number of thiophene rings is 1. The standard InChI is InChI=1S/C24H25N5O2S/c1-28-9-8-17(21(28)20-7-4-10-32-20)13-26-23(30)16-6-3-5-15(11-16)18-12-19-22(25-14-18)27-24(31)29(19)2/h3-7,10-12,14,17,21H,8-9,13H2,1-2H3,(H,26,30)(H,25,27,31)/t17-,21-/m1/s1. The summed E-state index contributed by atoms with van der Waals surface area (Å²) in [5, 5.41) is 5.26. The average molecular weight is 448 g/mol. The fourth-order valence-electron chi connectivity index (χ4n) is 4.57. The number of hydrogen-bond acceptors (Lipinski definition) is 5. The summed E-state index contributed by atoms with van der Waals surface area (Å²) in [4.78, 5) is 35.6. The van der Waals surface area contributed by atoms with Gasteiger partial charge in [-0.1, -0.05) is 18.2 Å². The van der Waals surface area contributed by atoms with Crippen molar-refractivity contribution in [3.8, 4) is 11.1 Å². The molecule has 8 heteroatoms. The Kier molecular flexibility index (Phi) is 5.40. The number of imidazole rings is 1. The number of carbonyl (C=O) groups is 1. The maximum atomic E-state index is 12.9. The fourth-order valence-corrected chi connectivity index (χ4v) is 5.56. The van der Waals surface area contributed by atoms with E-state index in [-0.39, 0.29) is 11.6 Å². The van der Waals surface area contributed by atoms with Gasteiger partial charge in [-0.05, 0) is 61.1 Å². The van der Waals surface area contributed by atoms with Gasteiger partial charge in [-0.25, -0.2) is 9.78 Å². The summed E-state index contributed by atoms with van der Waals surface area (Å²) >= 11 is 1.78. The van der Waals surface area contributed by atoms with E-state index in [0.29, 0.717) is 29.7 Å². The summed E-state index contributed by atoms with van der Waals surface area (Å²) < 4.78 is 1.53. The van der Waals surface area contributed by atoms with Crippen molar-refractivity contribution in [1.29, 1.82) is 0 Å². The first-order valence-corrected chi connectivity index (χ1v) is 11.6. The van der Waals surface area contributed by atoms with Crippen LogP contribution in [0.1, 0.15) is 27.7 Å². The van der Waals surface area contributed by atoms with Crippen LogP contribution in [0.15, 0.2) is 58.8 Å². The van der Waals surface area contributed by atoms with Gasteiger partial charge in [0.05, 0.1) is 5.52 Å². The lowest BCUT2D eigenvalue weighted by Crippen LogP contribution is -2.32. The van der Waals surface area contributed by atoms with Crippen LogP contribution < -0.4 is 11.0 Å². The molecule has 1 aliphatic heterocycles. The van der Waals surface area contributed by atoms with Gasteiger partial charge in [0.15, 0.2) is 5.65 Å². The van der Waals surface area contributed by atoms with Crippen molar-refractivity contribution in [2.45, 2.75) is 12.5 Å². The number of aromatic nitrogens is 3. The van der Waals surface area contributed by atoms with E-state index in [9.17, 15) is 9.59 Å². The summed E-state index contributed by atoms with van der Waals surface area (Å²) in [5.74, 6) is 0.321. The Bertz CT molecular complexity index is 1320. The number of H-pyrrole nitrogens is 1.